The summed E-state index contributed by atoms with van der Waals surface area (Å²) in [5.41, 5.74) is 1.91. The molecule has 0 amide bonds. The quantitative estimate of drug-likeness (QED) is 0.843. The molecule has 2 rings (SSSR count). The van der Waals surface area contributed by atoms with Crippen LogP contribution in [0.1, 0.15) is 32.0 Å². The average molecular weight is 330 g/mol. The Kier molecular flexibility index (Phi) is 5.49. The predicted molar refractivity (Wildman–Crippen MR) is 97.0 cm³/mol. The Morgan fingerprint density at radius 3 is 2.33 bits per heavy atom. The fraction of sp³-hybridized carbons (Fsp3) is 0.444. The van der Waals surface area contributed by atoms with Crippen LogP contribution in [0.4, 0.5) is 11.8 Å². The van der Waals surface area contributed by atoms with E-state index in [2.05, 4.69) is 41.4 Å². The zero-order chi connectivity index (χ0) is 17.7. The number of ether oxygens (including phenoxy) is 2. The standard InChI is InChI=1S/C18H26N4O2/c1-12-9-16(22-18(2,3)4)21-17(20-12)19-11-13-7-8-14(23-5)15(10-13)24-6/h7-10H,11H2,1-6H3,(H2,19,20,21,22). The molecule has 1 heterocycles. The first-order valence-electron chi connectivity index (χ1n) is 7.89. The van der Waals surface area contributed by atoms with Crippen LogP contribution in [-0.4, -0.2) is 29.7 Å². The lowest BCUT2D eigenvalue weighted by molar-refractivity contribution is 0.354. The second-order valence-electron chi connectivity index (χ2n) is 6.64. The van der Waals surface area contributed by atoms with Crippen LogP contribution in [0.2, 0.25) is 0 Å². The van der Waals surface area contributed by atoms with Gasteiger partial charge in [0.25, 0.3) is 0 Å². The minimum atomic E-state index is -0.0542. The van der Waals surface area contributed by atoms with Crippen LogP contribution in [0.5, 0.6) is 11.5 Å². The van der Waals surface area contributed by atoms with Gasteiger partial charge in [0.05, 0.1) is 14.2 Å². The maximum atomic E-state index is 5.33. The normalized spacial score (nSPS) is 11.1. The molecule has 6 heteroatoms. The lowest BCUT2D eigenvalue weighted by Crippen LogP contribution is -2.27. The largest absolute Gasteiger partial charge is 0.493 e. The number of methoxy groups -OCH3 is 2. The molecule has 0 saturated heterocycles. The Labute approximate surface area is 143 Å². The molecule has 130 valence electrons. The Balaban J connectivity index is 2.11. The third-order valence-corrected chi connectivity index (χ3v) is 3.26. The highest BCUT2D eigenvalue weighted by atomic mass is 16.5. The van der Waals surface area contributed by atoms with E-state index in [1.165, 1.54) is 0 Å². The molecule has 2 aromatic rings. The molecule has 0 aliphatic rings. The number of hydrogen-bond donors (Lipinski definition) is 2. The Morgan fingerprint density at radius 1 is 1.00 bits per heavy atom. The van der Waals surface area contributed by atoms with Crippen molar-refractivity contribution in [3.63, 3.8) is 0 Å². The summed E-state index contributed by atoms with van der Waals surface area (Å²) in [5, 5.41) is 6.62. The van der Waals surface area contributed by atoms with Crippen molar-refractivity contribution in [2.45, 2.75) is 39.8 Å². The van der Waals surface area contributed by atoms with Crippen LogP contribution in [-0.2, 0) is 6.54 Å². The first-order valence-corrected chi connectivity index (χ1v) is 7.89. The molecular weight excluding hydrogens is 304 g/mol. The van der Waals surface area contributed by atoms with Gasteiger partial charge >= 0.3 is 0 Å². The summed E-state index contributed by atoms with van der Waals surface area (Å²) in [5.74, 6) is 2.82. The van der Waals surface area contributed by atoms with Crippen LogP contribution in [0.25, 0.3) is 0 Å². The van der Waals surface area contributed by atoms with Crippen molar-refractivity contribution in [3.8, 4) is 11.5 Å². The van der Waals surface area contributed by atoms with Crippen molar-refractivity contribution >= 4 is 11.8 Å². The molecular formula is C18H26N4O2. The molecule has 0 aliphatic heterocycles. The molecule has 1 aromatic heterocycles. The van der Waals surface area contributed by atoms with E-state index in [0.717, 1.165) is 17.1 Å². The molecule has 0 aliphatic carbocycles. The molecule has 0 bridgehead atoms. The van der Waals surface area contributed by atoms with E-state index in [9.17, 15) is 0 Å². The number of benzene rings is 1. The highest BCUT2D eigenvalue weighted by molar-refractivity contribution is 5.46. The van der Waals surface area contributed by atoms with Crippen LogP contribution in [0, 0.1) is 6.92 Å². The SMILES string of the molecule is COc1ccc(CNc2nc(C)cc(NC(C)(C)C)n2)cc1OC. The Morgan fingerprint density at radius 2 is 1.71 bits per heavy atom. The zero-order valence-electron chi connectivity index (χ0n) is 15.2. The number of anilines is 2. The second-order valence-corrected chi connectivity index (χ2v) is 6.64. The van der Waals surface area contributed by atoms with Crippen LogP contribution in [0.15, 0.2) is 24.3 Å². The van der Waals surface area contributed by atoms with E-state index in [0.29, 0.717) is 24.0 Å². The highest BCUT2D eigenvalue weighted by Crippen LogP contribution is 2.27. The van der Waals surface area contributed by atoms with Gasteiger partial charge in [-0.3, -0.25) is 0 Å². The number of hydrogen-bond acceptors (Lipinski definition) is 6. The molecule has 0 saturated carbocycles. The van der Waals surface area contributed by atoms with Gasteiger partial charge in [-0.1, -0.05) is 6.07 Å². The monoisotopic (exact) mass is 330 g/mol. The molecule has 0 fully saturated rings. The van der Waals surface area contributed by atoms with Gasteiger partial charge in [-0.05, 0) is 45.4 Å². The van der Waals surface area contributed by atoms with Gasteiger partial charge in [-0.2, -0.15) is 4.98 Å². The maximum absolute atomic E-state index is 5.33. The van der Waals surface area contributed by atoms with Crippen molar-refractivity contribution < 1.29 is 9.47 Å². The van der Waals surface area contributed by atoms with Crippen LogP contribution in [0.3, 0.4) is 0 Å². The Bertz CT molecular complexity index is 696. The smallest absolute Gasteiger partial charge is 0.225 e. The molecule has 2 N–H and O–H groups in total. The van der Waals surface area contributed by atoms with Gasteiger partial charge in [-0.15, -0.1) is 0 Å². The summed E-state index contributed by atoms with van der Waals surface area (Å²) in [6.07, 6.45) is 0. The number of nitrogens with zero attached hydrogens (tertiary/aromatic N) is 2. The van der Waals surface area contributed by atoms with Crippen molar-refractivity contribution in [3.05, 3.63) is 35.5 Å². The van der Waals surface area contributed by atoms with Gasteiger partial charge in [0.2, 0.25) is 5.95 Å². The lowest BCUT2D eigenvalue weighted by Gasteiger charge is -2.21. The van der Waals surface area contributed by atoms with E-state index in [1.54, 1.807) is 14.2 Å². The summed E-state index contributed by atoms with van der Waals surface area (Å²) in [7, 11) is 3.25. The van der Waals surface area contributed by atoms with E-state index >= 15 is 0 Å². The second kappa shape index (κ2) is 7.38. The molecule has 1 aromatic carbocycles. The molecule has 24 heavy (non-hydrogen) atoms. The fourth-order valence-electron chi connectivity index (χ4n) is 2.27. The van der Waals surface area contributed by atoms with E-state index in [1.807, 2.05) is 31.2 Å². The summed E-state index contributed by atoms with van der Waals surface area (Å²) < 4.78 is 10.6. The third kappa shape index (κ3) is 5.01. The zero-order valence-corrected chi connectivity index (χ0v) is 15.2. The van der Waals surface area contributed by atoms with Gasteiger partial charge in [0, 0.05) is 23.8 Å². The minimum absolute atomic E-state index is 0.0542. The van der Waals surface area contributed by atoms with Gasteiger partial charge in [0.15, 0.2) is 11.5 Å². The van der Waals surface area contributed by atoms with Gasteiger partial charge in [0.1, 0.15) is 5.82 Å². The number of aromatic nitrogens is 2. The number of nitrogens with one attached hydrogen (secondary N) is 2. The van der Waals surface area contributed by atoms with Crippen molar-refractivity contribution in [2.75, 3.05) is 24.9 Å². The predicted octanol–water partition coefficient (Wildman–Crippen LogP) is 3.62. The minimum Gasteiger partial charge on any atom is -0.493 e. The van der Waals surface area contributed by atoms with Crippen molar-refractivity contribution in [1.29, 1.82) is 0 Å². The number of aryl methyl sites for hydroxylation is 1. The molecule has 0 spiro atoms. The molecule has 0 radical (unpaired) electrons. The molecule has 0 unspecified atom stereocenters. The highest BCUT2D eigenvalue weighted by Gasteiger charge is 2.12. The summed E-state index contributed by atoms with van der Waals surface area (Å²) in [6, 6.07) is 7.75. The number of rotatable bonds is 6. The van der Waals surface area contributed by atoms with Gasteiger partial charge in [-0.25, -0.2) is 4.98 Å². The third-order valence-electron chi connectivity index (χ3n) is 3.26. The average Bonchev–Trinajstić information content (AvgIpc) is 2.50. The fourth-order valence-corrected chi connectivity index (χ4v) is 2.27. The van der Waals surface area contributed by atoms with E-state index < -0.39 is 0 Å². The maximum Gasteiger partial charge on any atom is 0.225 e. The van der Waals surface area contributed by atoms with Crippen molar-refractivity contribution in [2.24, 2.45) is 0 Å². The first kappa shape index (κ1) is 17.8. The van der Waals surface area contributed by atoms with Gasteiger partial charge < -0.3 is 20.1 Å². The molecule has 0 atom stereocenters. The first-order chi connectivity index (χ1) is 11.3. The van der Waals surface area contributed by atoms with Crippen molar-refractivity contribution in [1.82, 2.24) is 9.97 Å². The van der Waals surface area contributed by atoms with E-state index in [-0.39, 0.29) is 5.54 Å². The van der Waals surface area contributed by atoms with Crippen LogP contribution < -0.4 is 20.1 Å². The molecule has 6 nitrogen and oxygen atoms in total. The summed E-state index contributed by atoms with van der Waals surface area (Å²) in [4.78, 5) is 8.96. The van der Waals surface area contributed by atoms with E-state index in [4.69, 9.17) is 9.47 Å². The summed E-state index contributed by atoms with van der Waals surface area (Å²) in [6.45, 7) is 8.85. The lowest BCUT2D eigenvalue weighted by atomic mass is 10.1. The van der Waals surface area contributed by atoms with Crippen LogP contribution >= 0.6 is 0 Å². The summed E-state index contributed by atoms with van der Waals surface area (Å²) >= 11 is 0. The topological polar surface area (TPSA) is 68.3 Å². The Hall–Kier alpha value is -2.50.